The van der Waals surface area contributed by atoms with Crippen LogP contribution in [0.5, 0.6) is 0 Å². The molecule has 0 bridgehead atoms. The summed E-state index contributed by atoms with van der Waals surface area (Å²) in [5.74, 6) is 0. The second-order valence-corrected chi connectivity index (χ2v) is 7.77. The number of halogens is 1. The Labute approximate surface area is 158 Å². The van der Waals surface area contributed by atoms with Gasteiger partial charge in [0.25, 0.3) is 0 Å². The molecule has 0 aliphatic carbocycles. The monoisotopic (exact) mass is 415 g/mol. The van der Waals surface area contributed by atoms with Gasteiger partial charge < -0.3 is 10.2 Å². The first-order chi connectivity index (χ1) is 11.7. The zero-order chi connectivity index (χ0) is 16.5. The summed E-state index contributed by atoms with van der Waals surface area (Å²) in [6.45, 7) is 0. The average molecular weight is 416 g/mol. The summed E-state index contributed by atoms with van der Waals surface area (Å²) >= 11 is 10.9. The number of anilines is 1. The van der Waals surface area contributed by atoms with Gasteiger partial charge in [-0.2, -0.15) is 0 Å². The van der Waals surface area contributed by atoms with Crippen LogP contribution >= 0.6 is 39.5 Å². The molecule has 1 fully saturated rings. The maximum absolute atomic E-state index is 5.66. The summed E-state index contributed by atoms with van der Waals surface area (Å²) in [5, 5.41) is 6.29. The van der Waals surface area contributed by atoms with Crippen LogP contribution in [0, 0.1) is 0 Å². The van der Waals surface area contributed by atoms with Gasteiger partial charge in [0, 0.05) is 21.2 Å². The molecule has 24 heavy (non-hydrogen) atoms. The first kappa shape index (κ1) is 15.7. The Morgan fingerprint density at radius 2 is 1.92 bits per heavy atom. The third kappa shape index (κ3) is 2.85. The van der Waals surface area contributed by atoms with Crippen LogP contribution in [0.15, 0.2) is 70.6 Å². The van der Waals surface area contributed by atoms with E-state index in [0.29, 0.717) is 0 Å². The predicted molar refractivity (Wildman–Crippen MR) is 106 cm³/mol. The van der Waals surface area contributed by atoms with Crippen molar-refractivity contribution in [3.8, 4) is 0 Å². The van der Waals surface area contributed by atoms with Crippen molar-refractivity contribution < 1.29 is 0 Å². The lowest BCUT2D eigenvalue weighted by Gasteiger charge is -2.26. The zero-order valence-corrected chi connectivity index (χ0v) is 15.8. The summed E-state index contributed by atoms with van der Waals surface area (Å²) < 4.78 is 1.05. The summed E-state index contributed by atoms with van der Waals surface area (Å²) in [5.41, 5.74) is 2.07. The topological polar surface area (TPSA) is 28.2 Å². The van der Waals surface area contributed by atoms with Crippen molar-refractivity contribution in [3.63, 3.8) is 0 Å². The second-order valence-electron chi connectivity index (χ2n) is 5.49. The number of aromatic nitrogens is 1. The fourth-order valence-electron chi connectivity index (χ4n) is 2.98. The van der Waals surface area contributed by atoms with Crippen molar-refractivity contribution in [1.82, 2.24) is 10.3 Å². The second kappa shape index (κ2) is 6.63. The Kier molecular flexibility index (Phi) is 4.35. The van der Waals surface area contributed by atoms with Gasteiger partial charge in [0.2, 0.25) is 0 Å². The molecule has 2 unspecified atom stereocenters. The normalized spacial score (nSPS) is 20.2. The van der Waals surface area contributed by atoms with E-state index in [9.17, 15) is 0 Å². The average Bonchev–Trinajstić information content (AvgIpc) is 3.24. The predicted octanol–water partition coefficient (Wildman–Crippen LogP) is 5.08. The Hall–Kier alpha value is -1.76. The summed E-state index contributed by atoms with van der Waals surface area (Å²) in [4.78, 5) is 8.00. The number of hydrogen-bond acceptors (Lipinski definition) is 3. The van der Waals surface area contributed by atoms with Gasteiger partial charge in [-0.3, -0.25) is 4.98 Å². The molecule has 4 rings (SSSR count). The third-order valence-electron chi connectivity index (χ3n) is 4.04. The van der Waals surface area contributed by atoms with Gasteiger partial charge in [-0.1, -0.05) is 28.1 Å². The van der Waals surface area contributed by atoms with E-state index in [-0.39, 0.29) is 12.1 Å². The van der Waals surface area contributed by atoms with Crippen LogP contribution in [0.1, 0.15) is 22.7 Å². The van der Waals surface area contributed by atoms with E-state index in [0.717, 1.165) is 21.0 Å². The molecule has 0 spiro atoms. The van der Waals surface area contributed by atoms with E-state index in [1.54, 1.807) is 11.3 Å². The molecular formula is C18H14BrN3S2. The quantitative estimate of drug-likeness (QED) is 0.603. The summed E-state index contributed by atoms with van der Waals surface area (Å²) in [7, 11) is 0. The van der Waals surface area contributed by atoms with Gasteiger partial charge in [0.05, 0.1) is 17.8 Å². The number of benzene rings is 1. The smallest absolute Gasteiger partial charge is 0.174 e. The van der Waals surface area contributed by atoms with Crippen molar-refractivity contribution in [2.45, 2.75) is 12.1 Å². The lowest BCUT2D eigenvalue weighted by Crippen LogP contribution is -2.28. The van der Waals surface area contributed by atoms with Crippen LogP contribution in [0.3, 0.4) is 0 Å². The minimum atomic E-state index is 0.0287. The third-order valence-corrected chi connectivity index (χ3v) is 5.82. The van der Waals surface area contributed by atoms with Gasteiger partial charge in [-0.25, -0.2) is 0 Å². The molecule has 1 aliphatic rings. The molecule has 3 heterocycles. The fraction of sp³-hybridized carbons (Fsp3) is 0.111. The molecule has 1 aliphatic heterocycles. The highest BCUT2D eigenvalue weighted by Crippen LogP contribution is 2.42. The number of thiocarbonyl (C=S) groups is 1. The van der Waals surface area contributed by atoms with Gasteiger partial charge in [-0.05, 0) is 60.1 Å². The largest absolute Gasteiger partial charge is 0.351 e. The van der Waals surface area contributed by atoms with Crippen molar-refractivity contribution >= 4 is 50.3 Å². The standard InChI is InChI=1S/C18H14BrN3S2/c19-12-6-8-13(9-7-12)22-17(15-5-3-11-24-15)16(21-18(22)23)14-4-1-2-10-20-14/h1-11,16-17H,(H,21,23). The number of pyridine rings is 1. The maximum Gasteiger partial charge on any atom is 0.174 e. The van der Waals surface area contributed by atoms with E-state index < -0.39 is 0 Å². The molecular weight excluding hydrogens is 402 g/mol. The van der Waals surface area contributed by atoms with Gasteiger partial charge >= 0.3 is 0 Å². The van der Waals surface area contributed by atoms with E-state index >= 15 is 0 Å². The Balaban J connectivity index is 1.80. The number of thiophene rings is 1. The van der Waals surface area contributed by atoms with Crippen LogP contribution in [0.4, 0.5) is 5.69 Å². The molecule has 1 N–H and O–H groups in total. The van der Waals surface area contributed by atoms with Crippen molar-refractivity contribution in [3.05, 3.63) is 81.2 Å². The highest BCUT2D eigenvalue weighted by molar-refractivity contribution is 9.10. The van der Waals surface area contributed by atoms with Crippen molar-refractivity contribution in [2.24, 2.45) is 0 Å². The summed E-state index contributed by atoms with van der Waals surface area (Å²) in [6, 6.07) is 18.6. The Morgan fingerprint density at radius 1 is 1.08 bits per heavy atom. The van der Waals surface area contributed by atoms with Crippen molar-refractivity contribution in [2.75, 3.05) is 4.90 Å². The van der Waals surface area contributed by atoms with Crippen LogP contribution in [0.25, 0.3) is 0 Å². The molecule has 120 valence electrons. The number of nitrogens with zero attached hydrogens (tertiary/aromatic N) is 2. The molecule has 0 radical (unpaired) electrons. The van der Waals surface area contributed by atoms with E-state index in [2.05, 4.69) is 60.8 Å². The minimum absolute atomic E-state index is 0.0287. The lowest BCUT2D eigenvalue weighted by atomic mass is 10.0. The molecule has 0 saturated carbocycles. The van der Waals surface area contributed by atoms with Gasteiger partial charge in [0.1, 0.15) is 0 Å². The number of nitrogens with one attached hydrogen (secondary N) is 1. The van der Waals surface area contributed by atoms with Crippen LogP contribution in [0.2, 0.25) is 0 Å². The first-order valence-corrected chi connectivity index (χ1v) is 9.62. The first-order valence-electron chi connectivity index (χ1n) is 7.53. The SMILES string of the molecule is S=C1NC(c2ccccn2)C(c2cccs2)N1c1ccc(Br)cc1. The van der Waals surface area contributed by atoms with Crippen LogP contribution in [-0.2, 0) is 0 Å². The Bertz CT molecular complexity index is 834. The molecule has 6 heteroatoms. The molecule has 3 nitrogen and oxygen atoms in total. The Morgan fingerprint density at radius 3 is 2.58 bits per heavy atom. The molecule has 2 atom stereocenters. The van der Waals surface area contributed by atoms with E-state index in [4.69, 9.17) is 12.2 Å². The van der Waals surface area contributed by atoms with Gasteiger partial charge in [0.15, 0.2) is 5.11 Å². The zero-order valence-electron chi connectivity index (χ0n) is 12.6. The molecule has 2 aromatic heterocycles. The van der Waals surface area contributed by atoms with Crippen LogP contribution < -0.4 is 10.2 Å². The fourth-order valence-corrected chi connectivity index (χ4v) is 4.45. The number of rotatable bonds is 3. The minimum Gasteiger partial charge on any atom is -0.351 e. The van der Waals surface area contributed by atoms with Gasteiger partial charge in [-0.15, -0.1) is 11.3 Å². The van der Waals surface area contributed by atoms with E-state index in [1.165, 1.54) is 4.88 Å². The highest BCUT2D eigenvalue weighted by atomic mass is 79.9. The van der Waals surface area contributed by atoms with E-state index in [1.807, 2.05) is 36.5 Å². The maximum atomic E-state index is 5.66. The summed E-state index contributed by atoms with van der Waals surface area (Å²) in [6.07, 6.45) is 1.83. The lowest BCUT2D eigenvalue weighted by molar-refractivity contribution is 0.575. The molecule has 0 amide bonds. The van der Waals surface area contributed by atoms with Crippen molar-refractivity contribution in [1.29, 1.82) is 0 Å². The van der Waals surface area contributed by atoms with Crippen LogP contribution in [-0.4, -0.2) is 10.1 Å². The highest BCUT2D eigenvalue weighted by Gasteiger charge is 2.41. The molecule has 1 saturated heterocycles. The molecule has 1 aromatic carbocycles. The number of hydrogen-bond donors (Lipinski definition) is 1. The molecule has 3 aromatic rings.